The first-order chi connectivity index (χ1) is 9.90. The van der Waals surface area contributed by atoms with Gasteiger partial charge in [-0.1, -0.05) is 0 Å². The molecule has 1 N–H and O–H groups in total. The van der Waals surface area contributed by atoms with E-state index in [1.54, 1.807) is 14.1 Å². The lowest BCUT2D eigenvalue weighted by Gasteiger charge is -2.09. The number of carbonyl (C=O) groups is 2. The third-order valence-electron chi connectivity index (χ3n) is 3.00. The van der Waals surface area contributed by atoms with Gasteiger partial charge in [-0.15, -0.1) is 0 Å². The summed E-state index contributed by atoms with van der Waals surface area (Å²) in [7, 11) is 5.95. The lowest BCUT2D eigenvalue weighted by Crippen LogP contribution is -2.20. The standard InChI is InChI=1S/C14H15NO6/c1-15(2)13(16)10-5-7-8(14(17)18)6-9(19-3)12(20-4)11(7)21-10/h5-6H,1-4H3,(H,17,18). The number of hydrogen-bond acceptors (Lipinski definition) is 5. The molecule has 0 aliphatic heterocycles. The van der Waals surface area contributed by atoms with Gasteiger partial charge in [-0.3, -0.25) is 4.79 Å². The Morgan fingerprint density at radius 1 is 1.19 bits per heavy atom. The second-order valence-electron chi connectivity index (χ2n) is 4.52. The van der Waals surface area contributed by atoms with Crippen molar-refractivity contribution in [2.45, 2.75) is 0 Å². The lowest BCUT2D eigenvalue weighted by molar-refractivity contribution is 0.0698. The maximum atomic E-state index is 12.0. The number of benzene rings is 1. The van der Waals surface area contributed by atoms with Gasteiger partial charge in [0.2, 0.25) is 5.75 Å². The lowest BCUT2D eigenvalue weighted by atomic mass is 10.1. The van der Waals surface area contributed by atoms with Gasteiger partial charge in [0.1, 0.15) is 0 Å². The summed E-state index contributed by atoms with van der Waals surface area (Å²) in [6, 6.07) is 2.73. The number of fused-ring (bicyclic) bond motifs is 1. The number of rotatable bonds is 4. The molecular weight excluding hydrogens is 278 g/mol. The molecule has 21 heavy (non-hydrogen) atoms. The second-order valence-corrected chi connectivity index (χ2v) is 4.52. The van der Waals surface area contributed by atoms with Crippen molar-refractivity contribution in [1.82, 2.24) is 4.90 Å². The number of aromatic carboxylic acids is 1. The summed E-state index contributed by atoms with van der Waals surface area (Å²) in [6.07, 6.45) is 0. The minimum atomic E-state index is -1.15. The zero-order chi connectivity index (χ0) is 15.7. The fraction of sp³-hybridized carbons (Fsp3) is 0.286. The summed E-state index contributed by atoms with van der Waals surface area (Å²) in [4.78, 5) is 24.7. The SMILES string of the molecule is COc1cc(C(=O)O)c2cc(C(=O)N(C)C)oc2c1OC. The highest BCUT2D eigenvalue weighted by molar-refractivity contribution is 6.07. The monoisotopic (exact) mass is 293 g/mol. The molecule has 0 saturated heterocycles. The number of carboxylic acids is 1. The van der Waals surface area contributed by atoms with Crippen LogP contribution in [0, 0.1) is 0 Å². The first-order valence-corrected chi connectivity index (χ1v) is 6.04. The number of hydrogen-bond donors (Lipinski definition) is 1. The van der Waals surface area contributed by atoms with E-state index in [2.05, 4.69) is 0 Å². The Hall–Kier alpha value is -2.70. The summed E-state index contributed by atoms with van der Waals surface area (Å²) < 4.78 is 15.8. The van der Waals surface area contributed by atoms with Crippen LogP contribution in [-0.4, -0.2) is 50.2 Å². The van der Waals surface area contributed by atoms with Crippen LogP contribution >= 0.6 is 0 Å². The van der Waals surface area contributed by atoms with E-state index in [4.69, 9.17) is 13.9 Å². The molecule has 2 aromatic rings. The Balaban J connectivity index is 2.81. The van der Waals surface area contributed by atoms with Crippen molar-refractivity contribution in [2.24, 2.45) is 0 Å². The number of carbonyl (C=O) groups excluding carboxylic acids is 1. The van der Waals surface area contributed by atoms with E-state index in [0.29, 0.717) is 0 Å². The van der Waals surface area contributed by atoms with E-state index < -0.39 is 5.97 Å². The molecule has 1 aromatic carbocycles. The Morgan fingerprint density at radius 2 is 1.86 bits per heavy atom. The number of carboxylic acid groups (broad SMARTS) is 1. The minimum Gasteiger partial charge on any atom is -0.493 e. The van der Waals surface area contributed by atoms with Crippen molar-refractivity contribution in [3.8, 4) is 11.5 Å². The van der Waals surface area contributed by atoms with Crippen LogP contribution in [0.3, 0.4) is 0 Å². The number of ether oxygens (including phenoxy) is 2. The van der Waals surface area contributed by atoms with Gasteiger partial charge in [0.25, 0.3) is 5.91 Å². The molecule has 0 bridgehead atoms. The summed E-state index contributed by atoms with van der Waals surface area (Å²) in [5, 5.41) is 9.57. The predicted octanol–water partition coefficient (Wildman–Crippen LogP) is 1.85. The number of amides is 1. The van der Waals surface area contributed by atoms with Crippen LogP contribution in [0.25, 0.3) is 11.0 Å². The van der Waals surface area contributed by atoms with Crippen molar-refractivity contribution in [1.29, 1.82) is 0 Å². The molecule has 0 aliphatic rings. The zero-order valence-corrected chi connectivity index (χ0v) is 12.1. The molecule has 0 spiro atoms. The molecule has 1 heterocycles. The fourth-order valence-electron chi connectivity index (χ4n) is 1.99. The van der Waals surface area contributed by atoms with Crippen LogP contribution in [0.2, 0.25) is 0 Å². The summed E-state index contributed by atoms with van der Waals surface area (Å²) in [6.45, 7) is 0. The molecule has 2 rings (SSSR count). The molecule has 0 radical (unpaired) electrons. The molecule has 0 saturated carbocycles. The summed E-state index contributed by atoms with van der Waals surface area (Å²) in [5.74, 6) is -1.02. The number of nitrogens with zero attached hydrogens (tertiary/aromatic N) is 1. The average Bonchev–Trinajstić information content (AvgIpc) is 2.88. The van der Waals surface area contributed by atoms with Crippen molar-refractivity contribution in [3.63, 3.8) is 0 Å². The summed E-state index contributed by atoms with van der Waals surface area (Å²) in [5.41, 5.74) is 0.142. The van der Waals surface area contributed by atoms with E-state index in [0.717, 1.165) is 0 Å². The molecule has 112 valence electrons. The molecule has 0 aliphatic carbocycles. The number of methoxy groups -OCH3 is 2. The maximum absolute atomic E-state index is 12.0. The molecule has 0 fully saturated rings. The van der Waals surface area contributed by atoms with Crippen LogP contribution in [0.5, 0.6) is 11.5 Å². The van der Waals surface area contributed by atoms with E-state index in [1.165, 1.54) is 31.3 Å². The molecule has 1 amide bonds. The van der Waals surface area contributed by atoms with Crippen molar-refractivity contribution in [3.05, 3.63) is 23.5 Å². The van der Waals surface area contributed by atoms with E-state index in [9.17, 15) is 14.7 Å². The summed E-state index contributed by atoms with van der Waals surface area (Å²) >= 11 is 0. The smallest absolute Gasteiger partial charge is 0.336 e. The van der Waals surface area contributed by atoms with Gasteiger partial charge in [-0.25, -0.2) is 4.79 Å². The van der Waals surface area contributed by atoms with Crippen molar-refractivity contribution < 1.29 is 28.6 Å². The zero-order valence-electron chi connectivity index (χ0n) is 12.1. The predicted molar refractivity (Wildman–Crippen MR) is 74.3 cm³/mol. The second kappa shape index (κ2) is 5.35. The van der Waals surface area contributed by atoms with Gasteiger partial charge >= 0.3 is 5.97 Å². The van der Waals surface area contributed by atoms with Crippen LogP contribution in [0.4, 0.5) is 0 Å². The van der Waals surface area contributed by atoms with Crippen LogP contribution in [-0.2, 0) is 0 Å². The Labute approximate surface area is 120 Å². The molecule has 0 atom stereocenters. The van der Waals surface area contributed by atoms with Crippen LogP contribution in [0.1, 0.15) is 20.9 Å². The topological polar surface area (TPSA) is 89.2 Å². The Kier molecular flexibility index (Phi) is 3.75. The molecule has 1 aromatic heterocycles. The molecular formula is C14H15NO6. The average molecular weight is 293 g/mol. The highest BCUT2D eigenvalue weighted by Gasteiger charge is 2.24. The van der Waals surface area contributed by atoms with Crippen molar-refractivity contribution >= 4 is 22.8 Å². The van der Waals surface area contributed by atoms with Crippen LogP contribution < -0.4 is 9.47 Å². The first-order valence-electron chi connectivity index (χ1n) is 6.04. The largest absolute Gasteiger partial charge is 0.493 e. The van der Waals surface area contributed by atoms with E-state index >= 15 is 0 Å². The minimum absolute atomic E-state index is 0.0239. The highest BCUT2D eigenvalue weighted by Crippen LogP contribution is 2.39. The third kappa shape index (κ3) is 2.37. The van der Waals surface area contributed by atoms with Crippen molar-refractivity contribution in [2.75, 3.05) is 28.3 Å². The quantitative estimate of drug-likeness (QED) is 0.925. The van der Waals surface area contributed by atoms with E-state index in [-0.39, 0.29) is 39.7 Å². The first kappa shape index (κ1) is 14.7. The van der Waals surface area contributed by atoms with Gasteiger partial charge in [-0.2, -0.15) is 0 Å². The Morgan fingerprint density at radius 3 is 2.33 bits per heavy atom. The fourth-order valence-corrected chi connectivity index (χ4v) is 1.99. The Bertz CT molecular complexity index is 716. The van der Waals surface area contributed by atoms with Gasteiger partial charge in [0.15, 0.2) is 17.1 Å². The van der Waals surface area contributed by atoms with Crippen LogP contribution in [0.15, 0.2) is 16.5 Å². The molecule has 7 heteroatoms. The van der Waals surface area contributed by atoms with Gasteiger partial charge < -0.3 is 23.9 Å². The van der Waals surface area contributed by atoms with Gasteiger partial charge in [0.05, 0.1) is 19.8 Å². The molecule has 0 unspecified atom stereocenters. The maximum Gasteiger partial charge on any atom is 0.336 e. The third-order valence-corrected chi connectivity index (χ3v) is 3.00. The highest BCUT2D eigenvalue weighted by atomic mass is 16.5. The van der Waals surface area contributed by atoms with Gasteiger partial charge in [0, 0.05) is 19.5 Å². The molecule has 7 nitrogen and oxygen atoms in total. The van der Waals surface area contributed by atoms with E-state index in [1.807, 2.05) is 0 Å². The normalized spacial score (nSPS) is 10.5. The van der Waals surface area contributed by atoms with Gasteiger partial charge in [-0.05, 0) is 12.1 Å². The number of furan rings is 1.